The van der Waals surface area contributed by atoms with Crippen molar-refractivity contribution < 1.29 is 9.90 Å². The summed E-state index contributed by atoms with van der Waals surface area (Å²) in [5.74, 6) is -0.866. The van der Waals surface area contributed by atoms with Crippen LogP contribution in [0.2, 0.25) is 0 Å². The third-order valence-corrected chi connectivity index (χ3v) is 4.18. The van der Waals surface area contributed by atoms with Crippen molar-refractivity contribution in [2.75, 3.05) is 13.1 Å². The van der Waals surface area contributed by atoms with Gasteiger partial charge in [0, 0.05) is 18.5 Å². The average molecular weight is 254 g/mol. The minimum Gasteiger partial charge on any atom is -0.481 e. The van der Waals surface area contributed by atoms with Gasteiger partial charge in [0.2, 0.25) is 0 Å². The first-order chi connectivity index (χ1) is 8.19. The lowest BCUT2D eigenvalue weighted by atomic mass is 9.98. The van der Waals surface area contributed by atoms with Gasteiger partial charge in [-0.3, -0.25) is 9.69 Å². The van der Waals surface area contributed by atoms with Gasteiger partial charge in [-0.1, -0.05) is 6.92 Å². The van der Waals surface area contributed by atoms with Gasteiger partial charge < -0.3 is 5.11 Å². The fourth-order valence-electron chi connectivity index (χ4n) is 2.21. The van der Waals surface area contributed by atoms with Crippen LogP contribution in [0.15, 0.2) is 5.38 Å². The van der Waals surface area contributed by atoms with Crippen LogP contribution in [0.25, 0.3) is 0 Å². The number of carboxylic acids is 1. The Balaban J connectivity index is 1.92. The first-order valence-corrected chi connectivity index (χ1v) is 6.95. The van der Waals surface area contributed by atoms with Gasteiger partial charge in [-0.05, 0) is 25.8 Å². The summed E-state index contributed by atoms with van der Waals surface area (Å²) in [6.07, 6.45) is 2.76. The lowest BCUT2D eigenvalue weighted by Crippen LogP contribution is -2.38. The molecule has 1 N–H and O–H groups in total. The molecule has 94 valence electrons. The molecule has 0 aromatic carbocycles. The fraction of sp³-hybridized carbons (Fsp3) is 0.667. The van der Waals surface area contributed by atoms with Crippen LogP contribution >= 0.6 is 11.3 Å². The number of rotatable bonds is 4. The largest absolute Gasteiger partial charge is 0.481 e. The maximum absolute atomic E-state index is 11.0. The van der Waals surface area contributed by atoms with Crippen LogP contribution in [0.3, 0.4) is 0 Å². The Kier molecular flexibility index (Phi) is 4.12. The number of piperidine rings is 1. The topological polar surface area (TPSA) is 53.4 Å². The van der Waals surface area contributed by atoms with E-state index < -0.39 is 5.97 Å². The van der Waals surface area contributed by atoms with Crippen LogP contribution in [-0.2, 0) is 17.8 Å². The van der Waals surface area contributed by atoms with Crippen LogP contribution in [0.4, 0.5) is 0 Å². The molecule has 0 bridgehead atoms. The maximum Gasteiger partial charge on any atom is 0.307 e. The number of nitrogens with zero attached hydrogens (tertiary/aromatic N) is 2. The number of aromatic nitrogens is 1. The third-order valence-electron chi connectivity index (χ3n) is 3.14. The van der Waals surface area contributed by atoms with E-state index in [9.17, 15) is 4.79 Å². The molecule has 0 spiro atoms. The molecule has 4 nitrogen and oxygen atoms in total. The van der Waals surface area contributed by atoms with E-state index in [1.54, 1.807) is 11.3 Å². The van der Waals surface area contributed by atoms with Crippen molar-refractivity contribution in [3.8, 4) is 0 Å². The molecule has 1 saturated heterocycles. The van der Waals surface area contributed by atoms with Crippen molar-refractivity contribution in [2.24, 2.45) is 5.92 Å². The second-order valence-electron chi connectivity index (χ2n) is 4.50. The Labute approximate surface area is 105 Å². The standard InChI is InChI=1S/C12H18N2O2S/c1-2-11-13-10(8-17-11)7-14-5-3-4-9(6-14)12(15)16/h8-9H,2-7H2,1H3,(H,15,16). The molecule has 1 fully saturated rings. The highest BCUT2D eigenvalue weighted by Crippen LogP contribution is 2.19. The smallest absolute Gasteiger partial charge is 0.307 e. The molecule has 1 unspecified atom stereocenters. The van der Waals surface area contributed by atoms with E-state index in [1.165, 1.54) is 0 Å². The normalized spacial score (nSPS) is 21.6. The van der Waals surface area contributed by atoms with Crippen LogP contribution in [0.1, 0.15) is 30.5 Å². The molecule has 2 heterocycles. The Morgan fingerprint density at radius 2 is 2.53 bits per heavy atom. The molecule has 0 amide bonds. The predicted molar refractivity (Wildman–Crippen MR) is 67.1 cm³/mol. The van der Waals surface area contributed by atoms with E-state index in [1.807, 2.05) is 0 Å². The zero-order chi connectivity index (χ0) is 12.3. The van der Waals surface area contributed by atoms with Gasteiger partial charge >= 0.3 is 5.97 Å². The summed E-state index contributed by atoms with van der Waals surface area (Å²) in [6, 6.07) is 0. The predicted octanol–water partition coefficient (Wildman–Crippen LogP) is 2.00. The van der Waals surface area contributed by atoms with E-state index >= 15 is 0 Å². The number of likely N-dealkylation sites (tertiary alicyclic amines) is 1. The second-order valence-corrected chi connectivity index (χ2v) is 5.44. The van der Waals surface area contributed by atoms with Gasteiger partial charge in [-0.2, -0.15) is 0 Å². The summed E-state index contributed by atoms with van der Waals surface area (Å²) in [5, 5.41) is 12.3. The molecule has 1 aliphatic rings. The molecule has 1 aromatic heterocycles. The molecule has 2 rings (SSSR count). The number of hydrogen-bond donors (Lipinski definition) is 1. The first-order valence-electron chi connectivity index (χ1n) is 6.07. The highest BCUT2D eigenvalue weighted by molar-refractivity contribution is 7.09. The summed E-state index contributed by atoms with van der Waals surface area (Å²) in [6.45, 7) is 4.54. The first kappa shape index (κ1) is 12.5. The molecule has 1 aliphatic heterocycles. The zero-order valence-electron chi connectivity index (χ0n) is 10.1. The molecule has 0 saturated carbocycles. The molecule has 0 radical (unpaired) electrons. The molecule has 0 aliphatic carbocycles. The molecular formula is C12H18N2O2S. The van der Waals surface area contributed by atoms with Crippen molar-refractivity contribution in [3.05, 3.63) is 16.1 Å². The van der Waals surface area contributed by atoms with Crippen molar-refractivity contribution in [3.63, 3.8) is 0 Å². The Morgan fingerprint density at radius 3 is 3.18 bits per heavy atom. The Bertz CT molecular complexity index is 392. The van der Waals surface area contributed by atoms with Crippen LogP contribution in [0.5, 0.6) is 0 Å². The number of carbonyl (C=O) groups is 1. The summed E-state index contributed by atoms with van der Waals surface area (Å²) in [5.41, 5.74) is 1.08. The van der Waals surface area contributed by atoms with Gasteiger partial charge in [-0.15, -0.1) is 11.3 Å². The van der Waals surface area contributed by atoms with Crippen molar-refractivity contribution in [1.29, 1.82) is 0 Å². The van der Waals surface area contributed by atoms with Gasteiger partial charge in [0.15, 0.2) is 0 Å². The Morgan fingerprint density at radius 1 is 1.71 bits per heavy atom. The number of thiazole rings is 1. The van der Waals surface area contributed by atoms with Crippen molar-refractivity contribution in [2.45, 2.75) is 32.7 Å². The van der Waals surface area contributed by atoms with E-state index in [0.717, 1.165) is 43.1 Å². The molecule has 1 atom stereocenters. The zero-order valence-corrected chi connectivity index (χ0v) is 10.9. The fourth-order valence-corrected chi connectivity index (χ4v) is 2.95. The minimum atomic E-state index is -0.665. The van der Waals surface area contributed by atoms with E-state index in [4.69, 9.17) is 5.11 Å². The van der Waals surface area contributed by atoms with E-state index in [0.29, 0.717) is 6.54 Å². The monoisotopic (exact) mass is 254 g/mol. The quantitative estimate of drug-likeness (QED) is 0.893. The maximum atomic E-state index is 11.0. The van der Waals surface area contributed by atoms with Crippen LogP contribution in [0, 0.1) is 5.92 Å². The van der Waals surface area contributed by atoms with E-state index in [2.05, 4.69) is 22.2 Å². The number of carboxylic acid groups (broad SMARTS) is 1. The lowest BCUT2D eigenvalue weighted by molar-refractivity contribution is -0.143. The second kappa shape index (κ2) is 5.60. The summed E-state index contributed by atoms with van der Waals surface area (Å²) >= 11 is 1.69. The van der Waals surface area contributed by atoms with Gasteiger partial charge in [-0.25, -0.2) is 4.98 Å². The third kappa shape index (κ3) is 3.26. The molecule has 1 aromatic rings. The number of hydrogen-bond acceptors (Lipinski definition) is 4. The summed E-state index contributed by atoms with van der Waals surface area (Å²) in [7, 11) is 0. The molecule has 5 heteroatoms. The highest BCUT2D eigenvalue weighted by Gasteiger charge is 2.25. The van der Waals surface area contributed by atoms with Crippen LogP contribution < -0.4 is 0 Å². The minimum absolute atomic E-state index is 0.201. The van der Waals surface area contributed by atoms with Gasteiger partial charge in [0.25, 0.3) is 0 Å². The molecular weight excluding hydrogens is 236 g/mol. The molecule has 17 heavy (non-hydrogen) atoms. The SMILES string of the molecule is CCc1nc(CN2CCCC(C(=O)O)C2)cs1. The summed E-state index contributed by atoms with van der Waals surface area (Å²) < 4.78 is 0. The van der Waals surface area contributed by atoms with Crippen molar-refractivity contribution in [1.82, 2.24) is 9.88 Å². The highest BCUT2D eigenvalue weighted by atomic mass is 32.1. The Hall–Kier alpha value is -0.940. The summed E-state index contributed by atoms with van der Waals surface area (Å²) in [4.78, 5) is 17.7. The van der Waals surface area contributed by atoms with Crippen molar-refractivity contribution >= 4 is 17.3 Å². The van der Waals surface area contributed by atoms with Gasteiger partial charge in [0.05, 0.1) is 16.6 Å². The van der Waals surface area contributed by atoms with Crippen LogP contribution in [-0.4, -0.2) is 34.0 Å². The number of aryl methyl sites for hydroxylation is 1. The average Bonchev–Trinajstić information content (AvgIpc) is 2.77. The van der Waals surface area contributed by atoms with Gasteiger partial charge in [0.1, 0.15) is 0 Å². The lowest BCUT2D eigenvalue weighted by Gasteiger charge is -2.29. The number of aliphatic carboxylic acids is 1. The van der Waals surface area contributed by atoms with E-state index in [-0.39, 0.29) is 5.92 Å².